The van der Waals surface area contributed by atoms with Crippen LogP contribution in [0, 0.1) is 17.8 Å². The van der Waals surface area contributed by atoms with Crippen LogP contribution in [0.2, 0.25) is 0 Å². The molecule has 2 rings (SSSR count). The van der Waals surface area contributed by atoms with Gasteiger partial charge in [-0.05, 0) is 43.3 Å². The summed E-state index contributed by atoms with van der Waals surface area (Å²) in [6.07, 6.45) is 3.15. The highest BCUT2D eigenvalue weighted by atomic mass is 32.1. The summed E-state index contributed by atoms with van der Waals surface area (Å²) in [7, 11) is 1.45. The van der Waals surface area contributed by atoms with E-state index in [1.165, 1.54) is 7.11 Å². The number of fused-ring (bicyclic) bond motifs is 2. The van der Waals surface area contributed by atoms with Gasteiger partial charge in [0.1, 0.15) is 0 Å². The van der Waals surface area contributed by atoms with Crippen molar-refractivity contribution in [2.75, 3.05) is 7.11 Å². The molecule has 0 amide bonds. The predicted molar refractivity (Wildman–Crippen MR) is 55.2 cm³/mol. The Bertz CT molecular complexity index is 298. The van der Waals surface area contributed by atoms with Gasteiger partial charge in [0.05, 0.1) is 24.2 Å². The van der Waals surface area contributed by atoms with Crippen LogP contribution in [0.15, 0.2) is 4.99 Å². The molecule has 4 atom stereocenters. The number of isothiocyanates is 1. The highest BCUT2D eigenvalue weighted by Crippen LogP contribution is 2.49. The van der Waals surface area contributed by atoms with Crippen molar-refractivity contribution in [3.05, 3.63) is 0 Å². The zero-order valence-electron chi connectivity index (χ0n) is 8.10. The molecule has 0 spiro atoms. The Hall–Kier alpha value is -0.730. The lowest BCUT2D eigenvalue weighted by Crippen LogP contribution is -2.29. The Labute approximate surface area is 88.5 Å². The minimum absolute atomic E-state index is 0.0517. The summed E-state index contributed by atoms with van der Waals surface area (Å²) in [5.74, 6) is 0.960. The molecule has 0 N–H and O–H groups in total. The molecule has 0 aromatic heterocycles. The second-order valence-electron chi connectivity index (χ2n) is 4.15. The Balaban J connectivity index is 2.11. The number of carbonyl (C=O) groups is 1. The number of carbonyl (C=O) groups excluding carboxylic acids is 1. The Morgan fingerprint density at radius 1 is 1.50 bits per heavy atom. The molecule has 0 saturated heterocycles. The van der Waals surface area contributed by atoms with Gasteiger partial charge in [-0.3, -0.25) is 4.79 Å². The number of ether oxygens (including phenoxy) is 1. The summed E-state index contributed by atoms with van der Waals surface area (Å²) in [6, 6.07) is 0.218. The maximum Gasteiger partial charge on any atom is 0.309 e. The number of rotatable bonds is 2. The van der Waals surface area contributed by atoms with Gasteiger partial charge in [-0.1, -0.05) is 0 Å². The molecule has 76 valence electrons. The highest BCUT2D eigenvalue weighted by molar-refractivity contribution is 7.78. The van der Waals surface area contributed by atoms with E-state index in [1.807, 2.05) is 0 Å². The number of esters is 1. The van der Waals surface area contributed by atoms with E-state index in [1.54, 1.807) is 0 Å². The van der Waals surface area contributed by atoms with Crippen molar-refractivity contribution in [1.82, 2.24) is 0 Å². The monoisotopic (exact) mass is 211 g/mol. The topological polar surface area (TPSA) is 38.7 Å². The van der Waals surface area contributed by atoms with E-state index in [4.69, 9.17) is 4.74 Å². The smallest absolute Gasteiger partial charge is 0.309 e. The zero-order valence-corrected chi connectivity index (χ0v) is 8.92. The summed E-state index contributed by atoms with van der Waals surface area (Å²) in [5, 5.41) is 2.43. The summed E-state index contributed by atoms with van der Waals surface area (Å²) in [5.41, 5.74) is 0. The van der Waals surface area contributed by atoms with Crippen molar-refractivity contribution < 1.29 is 9.53 Å². The van der Waals surface area contributed by atoms with Crippen molar-refractivity contribution in [2.24, 2.45) is 22.7 Å². The van der Waals surface area contributed by atoms with E-state index in [9.17, 15) is 4.79 Å². The van der Waals surface area contributed by atoms with Gasteiger partial charge >= 0.3 is 5.97 Å². The Kier molecular flexibility index (Phi) is 2.66. The molecule has 2 aliphatic carbocycles. The van der Waals surface area contributed by atoms with Crippen LogP contribution in [0.5, 0.6) is 0 Å². The third-order valence-corrected chi connectivity index (χ3v) is 3.61. The largest absolute Gasteiger partial charge is 0.469 e. The molecule has 2 aliphatic rings. The fourth-order valence-corrected chi connectivity index (χ4v) is 3.09. The average molecular weight is 211 g/mol. The third-order valence-electron chi connectivity index (χ3n) is 3.50. The normalized spacial score (nSPS) is 39.2. The molecule has 0 aromatic rings. The molecule has 0 radical (unpaired) electrons. The van der Waals surface area contributed by atoms with Crippen molar-refractivity contribution >= 4 is 23.3 Å². The first-order valence-electron chi connectivity index (χ1n) is 4.91. The van der Waals surface area contributed by atoms with Crippen LogP contribution in [0.1, 0.15) is 19.3 Å². The summed E-state index contributed by atoms with van der Waals surface area (Å²) in [6.45, 7) is 0. The second-order valence-corrected chi connectivity index (χ2v) is 4.34. The average Bonchev–Trinajstić information content (AvgIpc) is 2.76. The summed E-state index contributed by atoms with van der Waals surface area (Å²) in [4.78, 5) is 15.6. The Morgan fingerprint density at radius 3 is 2.86 bits per heavy atom. The molecular formula is C10H13NO2S. The van der Waals surface area contributed by atoms with Crippen LogP contribution in [-0.4, -0.2) is 24.3 Å². The van der Waals surface area contributed by atoms with Gasteiger partial charge in [-0.15, -0.1) is 0 Å². The molecule has 0 heterocycles. The lowest BCUT2D eigenvalue weighted by Gasteiger charge is -2.23. The lowest BCUT2D eigenvalue weighted by molar-refractivity contribution is -0.147. The number of aliphatic imine (C=N–C) groups is 1. The van der Waals surface area contributed by atoms with E-state index in [0.717, 1.165) is 19.3 Å². The van der Waals surface area contributed by atoms with Gasteiger partial charge in [0, 0.05) is 0 Å². The summed E-state index contributed by atoms with van der Waals surface area (Å²) < 4.78 is 4.79. The molecule has 2 saturated carbocycles. The first-order chi connectivity index (χ1) is 6.76. The Morgan fingerprint density at radius 2 is 2.29 bits per heavy atom. The first-order valence-corrected chi connectivity index (χ1v) is 5.32. The molecule has 0 aliphatic heterocycles. The SMILES string of the molecule is COC(=O)[C@H]1CC2CC(N=C=S)C1C2. The van der Waals surface area contributed by atoms with Crippen molar-refractivity contribution in [1.29, 1.82) is 0 Å². The molecule has 3 unspecified atom stereocenters. The molecule has 2 fully saturated rings. The molecule has 2 bridgehead atoms. The van der Waals surface area contributed by atoms with Crippen LogP contribution < -0.4 is 0 Å². The molecule has 0 aromatic carbocycles. The van der Waals surface area contributed by atoms with Crippen LogP contribution in [-0.2, 0) is 9.53 Å². The number of nitrogens with zero attached hydrogens (tertiary/aromatic N) is 1. The predicted octanol–water partition coefficient (Wildman–Crippen LogP) is 1.68. The van der Waals surface area contributed by atoms with Crippen LogP contribution in [0.25, 0.3) is 0 Å². The highest BCUT2D eigenvalue weighted by Gasteiger charge is 2.49. The maximum atomic E-state index is 11.4. The standard InChI is InChI=1S/C10H13NO2S/c1-13-10(12)8-3-6-2-7(8)9(4-6)11-5-14/h6-9H,2-4H2,1H3/t6?,7?,8-,9?/m0/s1. The lowest BCUT2D eigenvalue weighted by atomic mass is 9.85. The van der Waals surface area contributed by atoms with Crippen molar-refractivity contribution in [2.45, 2.75) is 25.3 Å². The van der Waals surface area contributed by atoms with Gasteiger partial charge in [-0.25, -0.2) is 4.99 Å². The van der Waals surface area contributed by atoms with Crippen LogP contribution in [0.4, 0.5) is 0 Å². The summed E-state index contributed by atoms with van der Waals surface area (Å²) >= 11 is 4.60. The minimum atomic E-state index is -0.0817. The molecule has 3 nitrogen and oxygen atoms in total. The minimum Gasteiger partial charge on any atom is -0.469 e. The first kappa shape index (κ1) is 9.81. The van der Waals surface area contributed by atoms with Gasteiger partial charge in [0.2, 0.25) is 0 Å². The number of methoxy groups -OCH3 is 1. The fourth-order valence-electron chi connectivity index (χ4n) is 2.95. The zero-order chi connectivity index (χ0) is 10.1. The van der Waals surface area contributed by atoms with Gasteiger partial charge in [0.15, 0.2) is 0 Å². The number of thiocarbonyl (C=S) groups is 1. The van der Waals surface area contributed by atoms with Crippen LogP contribution in [0.3, 0.4) is 0 Å². The van der Waals surface area contributed by atoms with E-state index in [-0.39, 0.29) is 17.9 Å². The molecule has 4 heteroatoms. The van der Waals surface area contributed by atoms with Gasteiger partial charge < -0.3 is 4.74 Å². The van der Waals surface area contributed by atoms with E-state index in [0.29, 0.717) is 11.8 Å². The van der Waals surface area contributed by atoms with E-state index < -0.39 is 0 Å². The van der Waals surface area contributed by atoms with E-state index in [2.05, 4.69) is 22.4 Å². The van der Waals surface area contributed by atoms with Crippen molar-refractivity contribution in [3.8, 4) is 0 Å². The molecule has 14 heavy (non-hydrogen) atoms. The quantitative estimate of drug-likeness (QED) is 0.396. The number of hydrogen-bond acceptors (Lipinski definition) is 4. The fraction of sp³-hybridized carbons (Fsp3) is 0.800. The van der Waals surface area contributed by atoms with Gasteiger partial charge in [0.25, 0.3) is 0 Å². The van der Waals surface area contributed by atoms with Crippen LogP contribution >= 0.6 is 12.2 Å². The van der Waals surface area contributed by atoms with Gasteiger partial charge in [-0.2, -0.15) is 0 Å². The molecular weight excluding hydrogens is 198 g/mol. The van der Waals surface area contributed by atoms with E-state index >= 15 is 0 Å². The number of hydrogen-bond donors (Lipinski definition) is 0. The third kappa shape index (κ3) is 1.49. The maximum absolute atomic E-state index is 11.4. The van der Waals surface area contributed by atoms with Crippen molar-refractivity contribution in [3.63, 3.8) is 0 Å². The second kappa shape index (κ2) is 3.79.